The molecule has 0 atom stereocenters. The van der Waals surface area contributed by atoms with Crippen LogP contribution in [-0.4, -0.2) is 69.2 Å². The van der Waals surface area contributed by atoms with Crippen molar-refractivity contribution < 1.29 is 22.4 Å². The van der Waals surface area contributed by atoms with Gasteiger partial charge < -0.3 is 5.32 Å². The van der Waals surface area contributed by atoms with Gasteiger partial charge in [-0.1, -0.05) is 25.1 Å². The van der Waals surface area contributed by atoms with Crippen LogP contribution in [0.1, 0.15) is 69.1 Å². The van der Waals surface area contributed by atoms with Gasteiger partial charge in [0.15, 0.2) is 0 Å². The molecular weight excluding hydrogens is 652 g/mol. The number of aryl methyl sites for hydroxylation is 1. The van der Waals surface area contributed by atoms with E-state index in [1.54, 1.807) is 47.7 Å². The minimum Gasteiger partial charge on any atom is -0.363 e. The maximum atomic E-state index is 13.4. The van der Waals surface area contributed by atoms with Crippen molar-refractivity contribution in [1.82, 2.24) is 23.6 Å². The van der Waals surface area contributed by atoms with Crippen molar-refractivity contribution in [3.63, 3.8) is 0 Å². The number of sulfonamides is 1. The Labute approximate surface area is 282 Å². The Morgan fingerprint density at radius 3 is 2.35 bits per heavy atom. The van der Waals surface area contributed by atoms with E-state index in [1.165, 1.54) is 16.4 Å². The second-order valence-corrected chi connectivity index (χ2v) is 15.1. The van der Waals surface area contributed by atoms with Gasteiger partial charge in [0.25, 0.3) is 11.8 Å². The van der Waals surface area contributed by atoms with Gasteiger partial charge in [-0.3, -0.25) is 18.9 Å². The number of anilines is 1. The molecule has 1 fully saturated rings. The fraction of sp³-hybridized carbons (Fsp3) is 0.314. The summed E-state index contributed by atoms with van der Waals surface area (Å²) < 4.78 is 43.4. The number of fused-ring (bicyclic) bond motifs is 2. The predicted molar refractivity (Wildman–Crippen MR) is 183 cm³/mol. The van der Waals surface area contributed by atoms with E-state index in [-0.39, 0.29) is 42.3 Å². The molecule has 248 valence electrons. The summed E-state index contributed by atoms with van der Waals surface area (Å²) in [6.07, 6.45) is 4.42. The average Bonchev–Trinajstić information content (AvgIpc) is 3.79. The molecular formula is C35H35FN6O4S2. The monoisotopic (exact) mass is 686 g/mol. The zero-order valence-electron chi connectivity index (χ0n) is 26.4. The van der Waals surface area contributed by atoms with Gasteiger partial charge in [0.05, 0.1) is 34.8 Å². The number of carbonyl (C=O) groups is 2. The molecule has 0 unspecified atom stereocenters. The Bertz CT molecular complexity index is 2070. The first-order chi connectivity index (χ1) is 23.2. The van der Waals surface area contributed by atoms with Crippen LogP contribution in [0.25, 0.3) is 16.9 Å². The van der Waals surface area contributed by atoms with Gasteiger partial charge in [0, 0.05) is 36.8 Å². The smallest absolute Gasteiger partial charge is 0.261 e. The number of thiazole rings is 1. The number of pyridine rings is 1. The van der Waals surface area contributed by atoms with Crippen molar-refractivity contribution in [2.24, 2.45) is 0 Å². The van der Waals surface area contributed by atoms with Gasteiger partial charge >= 0.3 is 0 Å². The van der Waals surface area contributed by atoms with Crippen molar-refractivity contribution in [2.45, 2.75) is 45.1 Å². The van der Waals surface area contributed by atoms with E-state index in [0.717, 1.165) is 50.3 Å². The van der Waals surface area contributed by atoms with E-state index in [2.05, 4.69) is 28.9 Å². The SMILES string of the molecule is CCc1nc2ccc(C3CCN(S(=O)(=O)CCCN4C(=O)c5ccccc5C4=O)CC3)cn2c1NCc1nc(-c2ccc(F)cc2)cs1. The summed E-state index contributed by atoms with van der Waals surface area (Å²) in [6, 6.07) is 17.1. The molecule has 10 nitrogen and oxygen atoms in total. The first-order valence-electron chi connectivity index (χ1n) is 16.1. The van der Waals surface area contributed by atoms with Gasteiger partial charge in [-0.25, -0.2) is 27.1 Å². The number of hydrogen-bond donors (Lipinski definition) is 1. The second-order valence-electron chi connectivity index (χ2n) is 12.1. The largest absolute Gasteiger partial charge is 0.363 e. The maximum Gasteiger partial charge on any atom is 0.261 e. The van der Waals surface area contributed by atoms with Gasteiger partial charge in [-0.15, -0.1) is 11.3 Å². The van der Waals surface area contributed by atoms with Gasteiger partial charge in [-0.05, 0) is 79.6 Å². The van der Waals surface area contributed by atoms with E-state index in [4.69, 9.17) is 9.97 Å². The number of aromatic nitrogens is 3. The van der Waals surface area contributed by atoms with E-state index in [0.29, 0.717) is 43.6 Å². The summed E-state index contributed by atoms with van der Waals surface area (Å²) in [4.78, 5) is 36.0. The first kappa shape index (κ1) is 32.1. The lowest BCUT2D eigenvalue weighted by Gasteiger charge is -2.31. The summed E-state index contributed by atoms with van der Waals surface area (Å²) >= 11 is 1.54. The zero-order chi connectivity index (χ0) is 33.4. The lowest BCUT2D eigenvalue weighted by molar-refractivity contribution is 0.0654. The second kappa shape index (κ2) is 13.2. The molecule has 2 aliphatic heterocycles. The molecule has 48 heavy (non-hydrogen) atoms. The molecule has 3 aromatic heterocycles. The summed E-state index contributed by atoms with van der Waals surface area (Å²) in [7, 11) is -3.54. The third kappa shape index (κ3) is 6.25. The fourth-order valence-corrected chi connectivity index (χ4v) is 8.80. The number of hydrogen-bond acceptors (Lipinski definition) is 8. The fourth-order valence-electron chi connectivity index (χ4n) is 6.53. The molecule has 13 heteroatoms. The van der Waals surface area contributed by atoms with Gasteiger partial charge in [0.1, 0.15) is 22.3 Å². The number of imidazole rings is 1. The predicted octanol–water partition coefficient (Wildman–Crippen LogP) is 5.97. The minimum atomic E-state index is -3.54. The molecule has 1 N–H and O–H groups in total. The van der Waals surface area contributed by atoms with Crippen molar-refractivity contribution in [3.05, 3.63) is 105 Å². The van der Waals surface area contributed by atoms with Gasteiger partial charge in [-0.2, -0.15) is 0 Å². The van der Waals surface area contributed by atoms with E-state index < -0.39 is 10.0 Å². The van der Waals surface area contributed by atoms with Crippen molar-refractivity contribution in [2.75, 3.05) is 30.7 Å². The van der Waals surface area contributed by atoms with E-state index >= 15 is 0 Å². The molecule has 2 amide bonds. The quantitative estimate of drug-likeness (QED) is 0.170. The Hall–Kier alpha value is -4.46. The van der Waals surface area contributed by atoms with Crippen LogP contribution in [0.2, 0.25) is 0 Å². The molecule has 0 bridgehead atoms. The molecule has 5 heterocycles. The van der Waals surface area contributed by atoms with Crippen LogP contribution in [0.4, 0.5) is 10.2 Å². The molecule has 2 aliphatic rings. The van der Waals surface area contributed by atoms with E-state index in [9.17, 15) is 22.4 Å². The van der Waals surface area contributed by atoms with Crippen molar-refractivity contribution >= 4 is 44.6 Å². The summed E-state index contributed by atoms with van der Waals surface area (Å²) in [5.41, 5.74) is 5.32. The number of nitrogens with one attached hydrogen (secondary N) is 1. The number of halogens is 1. The maximum absolute atomic E-state index is 13.4. The molecule has 0 radical (unpaired) electrons. The number of nitrogens with zero attached hydrogens (tertiary/aromatic N) is 5. The highest BCUT2D eigenvalue weighted by Crippen LogP contribution is 2.32. The standard InChI is InChI=1S/C35H35FN6O4S2/c1-2-29-33(37-20-32-39-30(22-47-32)24-8-11-26(36)12-9-24)42-21-25(10-13-31(42)38-29)23-14-17-40(18-15-23)48(45,46)19-5-16-41-34(43)27-6-3-4-7-28(27)35(41)44/h3-4,6-13,21-23,37H,2,5,14-20H2,1H3. The average molecular weight is 687 g/mol. The number of carbonyl (C=O) groups excluding carboxylic acids is 2. The van der Waals surface area contributed by atoms with Crippen LogP contribution in [-0.2, 0) is 23.0 Å². The topological polar surface area (TPSA) is 117 Å². The number of benzene rings is 2. The highest BCUT2D eigenvalue weighted by Gasteiger charge is 2.35. The number of amides is 2. The van der Waals surface area contributed by atoms with Crippen LogP contribution in [0.5, 0.6) is 0 Å². The highest BCUT2D eigenvalue weighted by molar-refractivity contribution is 7.89. The highest BCUT2D eigenvalue weighted by atomic mass is 32.2. The Morgan fingerprint density at radius 1 is 0.958 bits per heavy atom. The van der Waals surface area contributed by atoms with E-state index in [1.807, 2.05) is 11.4 Å². The summed E-state index contributed by atoms with van der Waals surface area (Å²) in [5, 5.41) is 6.41. The molecule has 0 spiro atoms. The summed E-state index contributed by atoms with van der Waals surface area (Å²) in [5.74, 6) is -0.0340. The number of rotatable bonds is 11. The van der Waals surface area contributed by atoms with Crippen LogP contribution in [0, 0.1) is 5.82 Å². The lowest BCUT2D eigenvalue weighted by atomic mass is 9.91. The Kier molecular flexibility index (Phi) is 8.84. The molecule has 7 rings (SSSR count). The molecule has 5 aromatic rings. The normalized spacial score (nSPS) is 15.8. The minimum absolute atomic E-state index is 0.0705. The van der Waals surface area contributed by atoms with Crippen molar-refractivity contribution in [3.8, 4) is 11.3 Å². The molecule has 1 saturated heterocycles. The van der Waals surface area contributed by atoms with Gasteiger partial charge in [0.2, 0.25) is 10.0 Å². The molecule has 0 saturated carbocycles. The summed E-state index contributed by atoms with van der Waals surface area (Å²) in [6.45, 7) is 3.47. The number of piperidine rings is 1. The van der Waals surface area contributed by atoms with Crippen LogP contribution < -0.4 is 5.32 Å². The lowest BCUT2D eigenvalue weighted by Crippen LogP contribution is -2.40. The van der Waals surface area contributed by atoms with Crippen LogP contribution >= 0.6 is 11.3 Å². The Balaban J connectivity index is 0.970. The zero-order valence-corrected chi connectivity index (χ0v) is 28.1. The molecule has 0 aliphatic carbocycles. The third-order valence-electron chi connectivity index (χ3n) is 9.13. The third-order valence-corrected chi connectivity index (χ3v) is 11.9. The number of imide groups is 1. The molecule has 2 aromatic carbocycles. The Morgan fingerprint density at radius 2 is 1.67 bits per heavy atom. The van der Waals surface area contributed by atoms with Crippen molar-refractivity contribution in [1.29, 1.82) is 0 Å². The first-order valence-corrected chi connectivity index (χ1v) is 18.6. The van der Waals surface area contributed by atoms with Crippen LogP contribution in [0.15, 0.2) is 72.2 Å². The van der Waals surface area contributed by atoms with Crippen LogP contribution in [0.3, 0.4) is 0 Å².